The molecular weight excluding hydrogens is 279 g/mol. The summed E-state index contributed by atoms with van der Waals surface area (Å²) in [5.41, 5.74) is 8.64. The molecule has 3 rings (SSSR count). The van der Waals surface area contributed by atoms with Crippen LogP contribution in [0, 0.1) is 5.82 Å². The van der Waals surface area contributed by atoms with Crippen molar-refractivity contribution in [2.75, 3.05) is 5.73 Å². The lowest BCUT2D eigenvalue weighted by Gasteiger charge is -2.05. The Morgan fingerprint density at radius 2 is 2.05 bits per heavy atom. The van der Waals surface area contributed by atoms with Gasteiger partial charge in [-0.3, -0.25) is 10.1 Å². The molecule has 0 amide bonds. The van der Waals surface area contributed by atoms with Crippen LogP contribution in [0.2, 0.25) is 5.02 Å². The molecule has 4 nitrogen and oxygen atoms in total. The van der Waals surface area contributed by atoms with Crippen molar-refractivity contribution in [1.29, 1.82) is 0 Å². The van der Waals surface area contributed by atoms with E-state index in [0.29, 0.717) is 22.6 Å². The highest BCUT2D eigenvalue weighted by Gasteiger charge is 2.15. The number of H-pyrrole nitrogens is 1. The quantitative estimate of drug-likeness (QED) is 0.758. The topological polar surface area (TPSA) is 67.6 Å². The molecule has 0 spiro atoms. The van der Waals surface area contributed by atoms with E-state index in [9.17, 15) is 4.39 Å². The van der Waals surface area contributed by atoms with E-state index in [4.69, 9.17) is 17.3 Å². The second-order valence-electron chi connectivity index (χ2n) is 4.23. The molecule has 3 aromatic rings. The van der Waals surface area contributed by atoms with Gasteiger partial charge in [0.2, 0.25) is 0 Å². The number of nitrogens with two attached hydrogens (primary N) is 1. The Labute approximate surface area is 119 Å². The summed E-state index contributed by atoms with van der Waals surface area (Å²) in [4.78, 5) is 4.06. The predicted octanol–water partition coefficient (Wildman–Crippen LogP) is 3.51. The van der Waals surface area contributed by atoms with Crippen LogP contribution >= 0.6 is 11.6 Å². The van der Waals surface area contributed by atoms with Gasteiger partial charge in [-0.15, -0.1) is 0 Å². The lowest BCUT2D eigenvalue weighted by Crippen LogP contribution is -1.89. The van der Waals surface area contributed by atoms with Gasteiger partial charge in [-0.05, 0) is 18.2 Å². The fraction of sp³-hybridized carbons (Fsp3) is 0. The summed E-state index contributed by atoms with van der Waals surface area (Å²) in [5.74, 6) is -0.155. The van der Waals surface area contributed by atoms with Crippen molar-refractivity contribution in [3.63, 3.8) is 0 Å². The van der Waals surface area contributed by atoms with E-state index >= 15 is 0 Å². The molecule has 0 aliphatic rings. The summed E-state index contributed by atoms with van der Waals surface area (Å²) in [6.45, 7) is 0. The van der Waals surface area contributed by atoms with Gasteiger partial charge in [-0.25, -0.2) is 4.39 Å². The molecular formula is C14H10ClFN4. The maximum atomic E-state index is 13.6. The van der Waals surface area contributed by atoms with E-state index in [2.05, 4.69) is 15.2 Å². The molecule has 6 heteroatoms. The largest absolute Gasteiger partial charge is 0.382 e. The summed E-state index contributed by atoms with van der Waals surface area (Å²) in [6.07, 6.45) is 3.35. The Morgan fingerprint density at radius 1 is 1.20 bits per heavy atom. The molecule has 0 atom stereocenters. The first kappa shape index (κ1) is 12.6. The number of rotatable bonds is 2. The van der Waals surface area contributed by atoms with Gasteiger partial charge < -0.3 is 5.73 Å². The van der Waals surface area contributed by atoms with Gasteiger partial charge in [0.15, 0.2) is 5.82 Å². The van der Waals surface area contributed by atoms with Gasteiger partial charge in [0.05, 0.1) is 16.3 Å². The standard InChI is InChI=1S/C14H10ClFN4/c15-10-4-3-8(6-11(10)16)13-12(14(17)20-19-13)9-2-1-5-18-7-9/h1-7H,(H3,17,19,20). The van der Waals surface area contributed by atoms with Crippen LogP contribution in [0.1, 0.15) is 0 Å². The number of anilines is 1. The van der Waals surface area contributed by atoms with Crippen LogP contribution in [0.25, 0.3) is 22.4 Å². The van der Waals surface area contributed by atoms with Gasteiger partial charge >= 0.3 is 0 Å². The van der Waals surface area contributed by atoms with Gasteiger partial charge in [-0.2, -0.15) is 5.10 Å². The Hall–Kier alpha value is -2.40. The number of aromatic amines is 1. The molecule has 0 saturated heterocycles. The normalized spacial score (nSPS) is 10.7. The zero-order chi connectivity index (χ0) is 14.1. The Morgan fingerprint density at radius 3 is 2.75 bits per heavy atom. The van der Waals surface area contributed by atoms with Crippen LogP contribution in [0.3, 0.4) is 0 Å². The molecule has 100 valence electrons. The van der Waals surface area contributed by atoms with Crippen molar-refractivity contribution in [2.45, 2.75) is 0 Å². The van der Waals surface area contributed by atoms with Crippen molar-refractivity contribution in [3.05, 3.63) is 53.6 Å². The highest BCUT2D eigenvalue weighted by molar-refractivity contribution is 6.30. The number of hydrogen-bond acceptors (Lipinski definition) is 3. The average molecular weight is 289 g/mol. The third kappa shape index (κ3) is 2.12. The maximum Gasteiger partial charge on any atom is 0.153 e. The first-order valence-electron chi connectivity index (χ1n) is 5.86. The Kier molecular flexibility index (Phi) is 3.12. The summed E-state index contributed by atoms with van der Waals surface area (Å²) >= 11 is 5.69. The minimum Gasteiger partial charge on any atom is -0.382 e. The van der Waals surface area contributed by atoms with Gasteiger partial charge in [0.1, 0.15) is 5.82 Å². The predicted molar refractivity (Wildman–Crippen MR) is 76.6 cm³/mol. The molecule has 0 bridgehead atoms. The molecule has 0 unspecified atom stereocenters. The first-order valence-corrected chi connectivity index (χ1v) is 6.24. The summed E-state index contributed by atoms with van der Waals surface area (Å²) in [6, 6.07) is 8.21. The minimum absolute atomic E-state index is 0.0733. The van der Waals surface area contributed by atoms with Crippen molar-refractivity contribution in [2.24, 2.45) is 0 Å². The Bertz CT molecular complexity index is 755. The smallest absolute Gasteiger partial charge is 0.153 e. The SMILES string of the molecule is Nc1n[nH]c(-c2ccc(Cl)c(F)c2)c1-c1cccnc1. The van der Waals surface area contributed by atoms with Crippen LogP contribution in [-0.2, 0) is 0 Å². The van der Waals surface area contributed by atoms with Crippen LogP contribution < -0.4 is 5.73 Å². The van der Waals surface area contributed by atoms with Crippen LogP contribution in [-0.4, -0.2) is 15.2 Å². The van der Waals surface area contributed by atoms with Crippen LogP contribution in [0.15, 0.2) is 42.7 Å². The lowest BCUT2D eigenvalue weighted by atomic mass is 10.0. The number of halogens is 2. The van der Waals surface area contributed by atoms with E-state index in [-0.39, 0.29) is 5.02 Å². The summed E-state index contributed by atoms with van der Waals surface area (Å²) in [7, 11) is 0. The monoisotopic (exact) mass is 288 g/mol. The third-order valence-electron chi connectivity index (χ3n) is 2.95. The number of benzene rings is 1. The van der Waals surface area contributed by atoms with Crippen molar-refractivity contribution >= 4 is 17.4 Å². The molecule has 2 aromatic heterocycles. The number of aromatic nitrogens is 3. The average Bonchev–Trinajstić information content (AvgIpc) is 2.85. The number of nitrogen functional groups attached to an aromatic ring is 1. The van der Waals surface area contributed by atoms with E-state index in [1.54, 1.807) is 24.5 Å². The minimum atomic E-state index is -0.491. The molecule has 1 aromatic carbocycles. The van der Waals surface area contributed by atoms with Gasteiger partial charge in [0, 0.05) is 23.5 Å². The molecule has 0 aliphatic carbocycles. The molecule has 3 N–H and O–H groups in total. The van der Waals surface area contributed by atoms with Gasteiger partial charge in [-0.1, -0.05) is 23.7 Å². The fourth-order valence-electron chi connectivity index (χ4n) is 2.02. The Balaban J connectivity index is 2.18. The second-order valence-corrected chi connectivity index (χ2v) is 4.64. The van der Waals surface area contributed by atoms with E-state index in [1.807, 2.05) is 6.07 Å². The van der Waals surface area contributed by atoms with Crippen LogP contribution in [0.5, 0.6) is 0 Å². The highest BCUT2D eigenvalue weighted by atomic mass is 35.5. The molecule has 0 radical (unpaired) electrons. The van der Waals surface area contributed by atoms with E-state index in [0.717, 1.165) is 5.56 Å². The third-order valence-corrected chi connectivity index (χ3v) is 3.26. The number of hydrogen-bond donors (Lipinski definition) is 2. The van der Waals surface area contributed by atoms with Crippen molar-refractivity contribution in [3.8, 4) is 22.4 Å². The van der Waals surface area contributed by atoms with Crippen molar-refractivity contribution < 1.29 is 4.39 Å². The molecule has 20 heavy (non-hydrogen) atoms. The first-order chi connectivity index (χ1) is 9.66. The molecule has 0 saturated carbocycles. The summed E-state index contributed by atoms with van der Waals surface area (Å²) < 4.78 is 13.6. The number of nitrogens with one attached hydrogen (secondary N) is 1. The van der Waals surface area contributed by atoms with Gasteiger partial charge in [0.25, 0.3) is 0 Å². The van der Waals surface area contributed by atoms with Crippen molar-refractivity contribution in [1.82, 2.24) is 15.2 Å². The van der Waals surface area contributed by atoms with E-state index < -0.39 is 5.82 Å². The molecule has 0 aliphatic heterocycles. The summed E-state index contributed by atoms with van der Waals surface area (Å²) in [5, 5.41) is 6.89. The molecule has 0 fully saturated rings. The number of nitrogens with zero attached hydrogens (tertiary/aromatic N) is 2. The second kappa shape index (κ2) is 4.94. The lowest BCUT2D eigenvalue weighted by molar-refractivity contribution is 0.628. The van der Waals surface area contributed by atoms with E-state index in [1.165, 1.54) is 12.1 Å². The fourth-order valence-corrected chi connectivity index (χ4v) is 2.14. The molecule has 2 heterocycles. The number of pyridine rings is 1. The zero-order valence-electron chi connectivity index (χ0n) is 10.3. The van der Waals surface area contributed by atoms with Crippen LogP contribution in [0.4, 0.5) is 10.2 Å². The maximum absolute atomic E-state index is 13.6. The zero-order valence-corrected chi connectivity index (χ0v) is 11.0. The highest BCUT2D eigenvalue weighted by Crippen LogP contribution is 2.35.